The largest absolute Gasteiger partial charge is 0.481 e. The first-order chi connectivity index (χ1) is 40.1. The summed E-state index contributed by atoms with van der Waals surface area (Å²) in [5.41, 5.74) is 10.1. The van der Waals surface area contributed by atoms with Crippen molar-refractivity contribution < 1.29 is 48.3 Å². The molecule has 10 atom stereocenters. The highest BCUT2D eigenvalue weighted by molar-refractivity contribution is 5.90. The van der Waals surface area contributed by atoms with E-state index >= 15 is 9.59 Å². The molecule has 4 heterocycles. The fourth-order valence-corrected chi connectivity index (χ4v) is 17.5. The molecule has 0 radical (unpaired) electrons. The van der Waals surface area contributed by atoms with Crippen molar-refractivity contribution >= 4 is 22.9 Å². The Morgan fingerprint density at radius 3 is 2.39 bits per heavy atom. The fraction of sp³-hybridized carbons (Fsp3) is 0.507. The van der Waals surface area contributed by atoms with E-state index in [1.807, 2.05) is 0 Å². The Morgan fingerprint density at radius 1 is 0.780 bits per heavy atom. The van der Waals surface area contributed by atoms with E-state index < -0.39 is 47.9 Å². The minimum atomic E-state index is -1.36. The van der Waals surface area contributed by atoms with Crippen molar-refractivity contribution in [2.24, 2.45) is 23.7 Å². The van der Waals surface area contributed by atoms with E-state index in [1.165, 1.54) is 55.0 Å². The monoisotopic (exact) mass is 1110 g/mol. The van der Waals surface area contributed by atoms with Gasteiger partial charge in [-0.3, -0.25) is 4.79 Å². The van der Waals surface area contributed by atoms with E-state index in [0.717, 1.165) is 68.1 Å². The Bertz CT molecular complexity index is 3480. The number of ether oxygens (including phenoxy) is 4. The zero-order valence-electron chi connectivity index (χ0n) is 47.7. The third-order valence-corrected chi connectivity index (χ3v) is 21.2. The van der Waals surface area contributed by atoms with E-state index in [-0.39, 0.29) is 91.3 Å². The van der Waals surface area contributed by atoms with Crippen molar-refractivity contribution in [1.29, 1.82) is 0 Å². The molecule has 5 aliphatic carbocycles. The molecule has 0 unspecified atom stereocenters. The average Bonchev–Trinajstić information content (AvgIpc) is 1.90. The molecule has 8 aliphatic rings. The molecule has 4 aromatic carbocycles. The van der Waals surface area contributed by atoms with E-state index in [4.69, 9.17) is 23.4 Å². The molecule has 11 nitrogen and oxygen atoms in total. The van der Waals surface area contributed by atoms with Crippen LogP contribution < -0.4 is 10.4 Å². The maximum atomic E-state index is 15.8. The molecule has 0 saturated heterocycles. The summed E-state index contributed by atoms with van der Waals surface area (Å²) in [4.78, 5) is 45.8. The van der Waals surface area contributed by atoms with Crippen LogP contribution in [0.25, 0.3) is 11.0 Å². The van der Waals surface area contributed by atoms with Gasteiger partial charge in [-0.2, -0.15) is 0 Å². The summed E-state index contributed by atoms with van der Waals surface area (Å²) in [5.74, 6) is 6.43. The highest BCUT2D eigenvalue weighted by Gasteiger charge is 2.60. The van der Waals surface area contributed by atoms with Crippen LogP contribution in [0.15, 0.2) is 105 Å². The van der Waals surface area contributed by atoms with Crippen LogP contribution in [0.2, 0.25) is 0 Å². The number of hydrogen-bond acceptors (Lipinski definition) is 11. The van der Waals surface area contributed by atoms with Crippen LogP contribution >= 0.6 is 0 Å². The second kappa shape index (κ2) is 22.7. The van der Waals surface area contributed by atoms with Crippen LogP contribution in [-0.4, -0.2) is 65.9 Å². The highest BCUT2D eigenvalue weighted by Crippen LogP contribution is 2.62. The number of benzene rings is 4. The lowest BCUT2D eigenvalue weighted by Gasteiger charge is -2.57. The Morgan fingerprint density at radius 2 is 1.59 bits per heavy atom. The van der Waals surface area contributed by atoms with E-state index in [0.29, 0.717) is 58.9 Å². The topological polar surface area (TPSA) is 162 Å². The molecule has 3 N–H and O–H groups in total. The maximum absolute atomic E-state index is 15.8. The molecule has 5 aromatic rings. The lowest BCUT2D eigenvalue weighted by molar-refractivity contribution is -0.204. The number of carbonyl (C=O) groups is 2. The van der Waals surface area contributed by atoms with Crippen LogP contribution in [0.1, 0.15) is 188 Å². The third-order valence-electron chi connectivity index (χ3n) is 21.2. The zero-order valence-corrected chi connectivity index (χ0v) is 47.7. The first-order valence-electron chi connectivity index (χ1n) is 30.8. The van der Waals surface area contributed by atoms with Gasteiger partial charge in [0.15, 0.2) is 17.8 Å². The first kappa shape index (κ1) is 54.9. The smallest absolute Gasteiger partial charge is 0.340 e. The zero-order chi connectivity index (χ0) is 56.3. The molecule has 1 aromatic heterocycles. The summed E-state index contributed by atoms with van der Waals surface area (Å²) < 4.78 is 33.5. The number of aliphatic hydroxyl groups is 3. The Balaban J connectivity index is 0.992. The normalized spacial score (nSPS) is 29.5. The lowest BCUT2D eigenvalue weighted by Crippen LogP contribution is -2.60. The second-order valence-electron chi connectivity index (χ2n) is 25.3. The minimum Gasteiger partial charge on any atom is -0.481 e. The maximum Gasteiger partial charge on any atom is 0.340 e. The van der Waals surface area contributed by atoms with Crippen LogP contribution in [0.4, 0.5) is 0 Å². The van der Waals surface area contributed by atoms with E-state index in [9.17, 15) is 20.1 Å². The van der Waals surface area contributed by atoms with E-state index in [1.54, 1.807) is 24.6 Å². The van der Waals surface area contributed by atoms with Crippen molar-refractivity contribution in [3.63, 3.8) is 0 Å². The second-order valence-corrected chi connectivity index (χ2v) is 25.3. The Hall–Kier alpha value is -6.29. The van der Waals surface area contributed by atoms with Crippen LogP contribution in [0.5, 0.6) is 5.75 Å². The van der Waals surface area contributed by atoms with Gasteiger partial charge in [-0.1, -0.05) is 110 Å². The van der Waals surface area contributed by atoms with Gasteiger partial charge in [0.05, 0.1) is 31.8 Å². The van der Waals surface area contributed by atoms with Crippen molar-refractivity contribution in [1.82, 2.24) is 0 Å². The first-order valence-corrected chi connectivity index (χ1v) is 30.8. The fourth-order valence-electron chi connectivity index (χ4n) is 17.5. The SMILES string of the molecule is COC[C@@H](CCO)c1c(CO)c2ccc3c(c2oc1=O)[C@H]1OC(=O)C[C@@H]2C[C@H](c4cccc5c4CC[C@@H]4CCC[C@H]6CCc7ccccc7[C@]564)C=C[C@H]2c2ccc4cc2CC#CC[C@@](C2CCCCC2)(O3)[C@H]1OC(=O)/C(=C(/C)CO)CC4. The summed E-state index contributed by atoms with van der Waals surface area (Å²) in [5, 5.41) is 32.5. The Labute approximate surface area is 481 Å². The summed E-state index contributed by atoms with van der Waals surface area (Å²) in [6, 6.07) is 26.5. The van der Waals surface area contributed by atoms with Gasteiger partial charge in [-0.15, -0.1) is 0 Å². The number of allylic oxidation sites excluding steroid dienone is 2. The van der Waals surface area contributed by atoms with E-state index in [2.05, 4.69) is 84.7 Å². The molecule has 1 spiro atoms. The number of hydrogen-bond donors (Lipinski definition) is 3. The molecule has 13 rings (SSSR count). The molecule has 11 heteroatoms. The number of carbonyl (C=O) groups excluding carboxylic acids is 2. The lowest BCUT2D eigenvalue weighted by atomic mass is 9.46. The summed E-state index contributed by atoms with van der Waals surface area (Å²) in [6.07, 6.45) is 17.1. The van der Waals surface area contributed by atoms with Gasteiger partial charge in [0.25, 0.3) is 0 Å². The number of aliphatic hydroxyl groups excluding tert-OH is 3. The molecule has 3 aliphatic heterocycles. The van der Waals surface area contributed by atoms with Crippen molar-refractivity contribution in [2.75, 3.05) is 26.9 Å². The molecule has 82 heavy (non-hydrogen) atoms. The quantitative estimate of drug-likeness (QED) is 0.0423. The average molecular weight is 1110 g/mol. The van der Waals surface area contributed by atoms with Gasteiger partial charge in [0.1, 0.15) is 11.3 Å². The van der Waals surface area contributed by atoms with Gasteiger partial charge < -0.3 is 38.7 Å². The standard InChI is InChI=1S/C71H78O11/c1-42(39-73)52-27-21-43-22-28-54-45(36-43)13-8-9-34-70(49-14-4-3-5-15-49)67(81-68(52)76)66(64-61(82-70)32-31-57-58(40-74)63(69(77)80-65(57)64)47(33-35-72)41-78-2)79-62(75)38-48-37-46(24-29-55(48)54)53-18-11-20-60-56(53)30-26-51-17-10-16-50-25-23-44-12-6-7-19-59(44)71(50,51)60/h6-7,11-12,18-20,22,24,28-29,31-32,36,46-51,55,66-67,72-74H,3-5,10,13-17,21,23,25-27,30,33-35,37-41H2,1-2H3/b52-42-/t46-,47-,48+,50+,51+,55-,66-,67+,70+,71+/m1/s1. The molecule has 0 amide bonds. The molecule has 428 valence electrons. The van der Waals surface area contributed by atoms with Crippen LogP contribution in [0.3, 0.4) is 0 Å². The Kier molecular flexibility index (Phi) is 15.2. The molecular formula is C71H78O11. The third kappa shape index (κ3) is 9.21. The van der Waals surface area contributed by atoms with Crippen molar-refractivity contribution in [2.45, 2.75) is 177 Å². The summed E-state index contributed by atoms with van der Waals surface area (Å²) >= 11 is 0. The van der Waals surface area contributed by atoms with Crippen molar-refractivity contribution in [3.8, 4) is 17.6 Å². The number of esters is 2. The van der Waals surface area contributed by atoms with Crippen LogP contribution in [-0.2, 0) is 61.5 Å². The van der Waals surface area contributed by atoms with Gasteiger partial charge in [-0.05, 0) is 170 Å². The molecule has 2 fully saturated rings. The number of aryl methyl sites for hydroxylation is 2. The number of rotatable bonds is 9. The van der Waals surface area contributed by atoms with Crippen molar-refractivity contribution in [3.05, 3.63) is 168 Å². The van der Waals surface area contributed by atoms with Gasteiger partial charge in [0, 0.05) is 72.2 Å². The van der Waals surface area contributed by atoms with Gasteiger partial charge in [0.2, 0.25) is 0 Å². The van der Waals surface area contributed by atoms with Gasteiger partial charge >= 0.3 is 17.6 Å². The predicted octanol–water partition coefficient (Wildman–Crippen LogP) is 11.9. The predicted molar refractivity (Wildman–Crippen MR) is 313 cm³/mol. The molecular weight excluding hydrogens is 1030 g/mol. The number of methoxy groups -OCH3 is 1. The molecule has 5 bridgehead atoms. The number of fused-ring (bicyclic) bond motifs is 11. The van der Waals surface area contributed by atoms with Crippen LogP contribution in [0, 0.1) is 35.5 Å². The summed E-state index contributed by atoms with van der Waals surface area (Å²) in [6.45, 7) is 0.704. The minimum absolute atomic E-state index is 0.0138. The van der Waals surface area contributed by atoms with Gasteiger partial charge in [-0.25, -0.2) is 9.59 Å². The highest BCUT2D eigenvalue weighted by atomic mass is 16.6. The summed E-state index contributed by atoms with van der Waals surface area (Å²) in [7, 11) is 1.52. The molecule has 2 saturated carbocycles.